The minimum absolute atomic E-state index is 0.00199. The van der Waals surface area contributed by atoms with Crippen molar-refractivity contribution in [2.75, 3.05) is 44.7 Å². The number of hydrogen-bond donors (Lipinski definition) is 1. The number of aliphatic hydroxyl groups excluding tert-OH is 1. The fourth-order valence-corrected chi connectivity index (χ4v) is 5.48. The van der Waals surface area contributed by atoms with Crippen LogP contribution >= 0.6 is 0 Å². The molecule has 5 fully saturated rings. The summed E-state index contributed by atoms with van der Waals surface area (Å²) in [6.07, 6.45) is -0.620. The van der Waals surface area contributed by atoms with Gasteiger partial charge < -0.3 is 24.2 Å². The van der Waals surface area contributed by atoms with Crippen molar-refractivity contribution in [2.45, 2.75) is 30.7 Å². The highest BCUT2D eigenvalue weighted by Gasteiger charge is 2.68. The van der Waals surface area contributed by atoms with E-state index in [4.69, 9.17) is 14.2 Å². The molecule has 1 aliphatic carbocycles. The second kappa shape index (κ2) is 6.57. The van der Waals surface area contributed by atoms with Gasteiger partial charge in [-0.25, -0.2) is 0 Å². The first-order valence-electron chi connectivity index (χ1n) is 9.87. The summed E-state index contributed by atoms with van der Waals surface area (Å²) in [5.74, 6) is 0.213. The van der Waals surface area contributed by atoms with Crippen LogP contribution in [0.3, 0.4) is 0 Å². The molecule has 1 aromatic rings. The van der Waals surface area contributed by atoms with E-state index in [-0.39, 0.29) is 18.1 Å². The zero-order valence-corrected chi connectivity index (χ0v) is 15.8. The number of ether oxygens (including phenoxy) is 3. The van der Waals surface area contributed by atoms with Gasteiger partial charge in [-0.15, -0.1) is 0 Å². The molecule has 146 valence electrons. The summed E-state index contributed by atoms with van der Waals surface area (Å²) >= 11 is 0. The molecule has 6 rings (SSSR count). The molecule has 0 amide bonds. The lowest BCUT2D eigenvalue weighted by molar-refractivity contribution is -0.375. The highest BCUT2D eigenvalue weighted by molar-refractivity contribution is 5.46. The predicted molar refractivity (Wildman–Crippen MR) is 101 cm³/mol. The van der Waals surface area contributed by atoms with E-state index in [9.17, 15) is 5.11 Å². The van der Waals surface area contributed by atoms with E-state index < -0.39 is 18.0 Å². The molecule has 4 bridgehead atoms. The summed E-state index contributed by atoms with van der Waals surface area (Å²) in [5.41, 5.74) is 1.60. The molecule has 1 aromatic carbocycles. The van der Waals surface area contributed by atoms with Gasteiger partial charge in [-0.1, -0.05) is 24.8 Å². The Morgan fingerprint density at radius 1 is 1.22 bits per heavy atom. The number of aliphatic hydroxyl groups is 1. The van der Waals surface area contributed by atoms with Crippen LogP contribution in [-0.4, -0.2) is 74.1 Å². The second-order valence-corrected chi connectivity index (χ2v) is 8.20. The zero-order valence-electron chi connectivity index (χ0n) is 15.8. The Hall–Kier alpha value is -1.44. The van der Waals surface area contributed by atoms with Crippen molar-refractivity contribution < 1.29 is 19.3 Å². The lowest BCUT2D eigenvalue weighted by atomic mass is 9.76. The quantitative estimate of drug-likeness (QED) is 0.808. The summed E-state index contributed by atoms with van der Waals surface area (Å²) in [5, 5.41) is 10.9. The van der Waals surface area contributed by atoms with Gasteiger partial charge in [0.15, 0.2) is 12.6 Å². The molecule has 1 N–H and O–H groups in total. The van der Waals surface area contributed by atoms with E-state index >= 15 is 0 Å². The Morgan fingerprint density at radius 3 is 2.67 bits per heavy atom. The molecule has 4 aliphatic heterocycles. The Morgan fingerprint density at radius 2 is 1.96 bits per heavy atom. The number of fused-ring (bicyclic) bond motifs is 1. The van der Waals surface area contributed by atoms with Crippen LogP contribution in [-0.2, 0) is 14.2 Å². The highest BCUT2D eigenvalue weighted by atomic mass is 16.8. The number of hydrogen-bond acceptors (Lipinski definition) is 6. The van der Waals surface area contributed by atoms with Crippen molar-refractivity contribution in [3.63, 3.8) is 0 Å². The van der Waals surface area contributed by atoms with Crippen LogP contribution in [0.1, 0.15) is 6.42 Å². The molecule has 6 heteroatoms. The molecule has 4 saturated heterocycles. The average molecular weight is 372 g/mol. The van der Waals surface area contributed by atoms with Gasteiger partial charge >= 0.3 is 0 Å². The van der Waals surface area contributed by atoms with Crippen LogP contribution in [0, 0.1) is 11.8 Å². The van der Waals surface area contributed by atoms with Crippen LogP contribution in [0.2, 0.25) is 0 Å². The second-order valence-electron chi connectivity index (χ2n) is 8.20. The number of nitrogens with zero attached hydrogens (tertiary/aromatic N) is 2. The molecular formula is C21H28N2O4. The fraction of sp³-hybridized carbons (Fsp3) is 0.619. The Kier molecular flexibility index (Phi) is 4.29. The molecule has 6 nitrogen and oxygen atoms in total. The minimum Gasteiger partial charge on any atom is -0.390 e. The largest absolute Gasteiger partial charge is 0.390 e. The maximum atomic E-state index is 10.9. The van der Waals surface area contributed by atoms with E-state index in [0.717, 1.165) is 31.8 Å². The first-order valence-corrected chi connectivity index (χ1v) is 9.87. The van der Waals surface area contributed by atoms with Crippen molar-refractivity contribution in [1.82, 2.24) is 4.90 Å². The van der Waals surface area contributed by atoms with Crippen LogP contribution in [0.15, 0.2) is 42.5 Å². The SMILES string of the molecule is C=C1C2OC(OC)C3C1C[C@@H](O)C3(CN1CCN(c3ccccc3)CC1)O2. The van der Waals surface area contributed by atoms with Crippen molar-refractivity contribution in [3.05, 3.63) is 42.5 Å². The number of para-hydroxylation sites is 1. The van der Waals surface area contributed by atoms with Crippen LogP contribution < -0.4 is 4.90 Å². The molecule has 0 spiro atoms. The lowest BCUT2D eigenvalue weighted by Gasteiger charge is -2.55. The van der Waals surface area contributed by atoms with Gasteiger partial charge in [0.25, 0.3) is 0 Å². The Balaban J connectivity index is 1.31. The molecule has 1 saturated carbocycles. The molecule has 5 unspecified atom stereocenters. The van der Waals surface area contributed by atoms with Crippen LogP contribution in [0.5, 0.6) is 0 Å². The summed E-state index contributed by atoms with van der Waals surface area (Å²) in [7, 11) is 1.67. The van der Waals surface area contributed by atoms with Gasteiger partial charge in [-0.2, -0.15) is 0 Å². The molecule has 0 radical (unpaired) electrons. The number of anilines is 1. The summed E-state index contributed by atoms with van der Waals surface area (Å²) in [6, 6.07) is 10.5. The zero-order chi connectivity index (χ0) is 18.6. The number of methoxy groups -OCH3 is 1. The van der Waals surface area contributed by atoms with Crippen molar-refractivity contribution >= 4 is 5.69 Å². The Bertz CT molecular complexity index is 705. The molecule has 5 aliphatic rings. The minimum atomic E-state index is -0.621. The van der Waals surface area contributed by atoms with E-state index in [1.54, 1.807) is 7.11 Å². The third-order valence-electron chi connectivity index (χ3n) is 6.89. The third kappa shape index (κ3) is 2.66. The predicted octanol–water partition coefficient (Wildman–Crippen LogP) is 1.46. The molecule has 6 atom stereocenters. The topological polar surface area (TPSA) is 54.4 Å². The standard InChI is InChI=1S/C21H28N2O4/c1-14-16-12-17(24)21(18(16)20(25-2)26-19(14)27-21)13-22-8-10-23(11-9-22)15-6-4-3-5-7-15/h3-7,16-20,24H,1,8-13H2,2H3/t16?,17-,18?,19?,20?,21?/m1/s1. The van der Waals surface area contributed by atoms with E-state index in [2.05, 4.69) is 46.7 Å². The van der Waals surface area contributed by atoms with E-state index in [0.29, 0.717) is 13.0 Å². The van der Waals surface area contributed by atoms with Crippen molar-refractivity contribution in [3.8, 4) is 0 Å². The summed E-state index contributed by atoms with van der Waals surface area (Å²) in [6.45, 7) is 8.74. The van der Waals surface area contributed by atoms with Crippen LogP contribution in [0.4, 0.5) is 5.69 Å². The number of rotatable bonds is 4. The number of benzene rings is 1. The monoisotopic (exact) mass is 372 g/mol. The van der Waals surface area contributed by atoms with Gasteiger partial charge in [-0.3, -0.25) is 4.90 Å². The summed E-state index contributed by atoms with van der Waals surface area (Å²) in [4.78, 5) is 4.83. The van der Waals surface area contributed by atoms with Crippen molar-refractivity contribution in [1.29, 1.82) is 0 Å². The Labute approximate surface area is 160 Å². The van der Waals surface area contributed by atoms with Gasteiger partial charge in [0.1, 0.15) is 5.60 Å². The van der Waals surface area contributed by atoms with E-state index in [1.807, 2.05) is 0 Å². The van der Waals surface area contributed by atoms with Crippen molar-refractivity contribution in [2.24, 2.45) is 11.8 Å². The third-order valence-corrected chi connectivity index (χ3v) is 6.89. The molecular weight excluding hydrogens is 344 g/mol. The van der Waals surface area contributed by atoms with Gasteiger partial charge in [0, 0.05) is 51.4 Å². The summed E-state index contributed by atoms with van der Waals surface area (Å²) < 4.78 is 17.8. The average Bonchev–Trinajstić information content (AvgIpc) is 2.96. The fourth-order valence-electron chi connectivity index (χ4n) is 5.48. The molecule has 4 heterocycles. The van der Waals surface area contributed by atoms with Gasteiger partial charge in [0.05, 0.1) is 6.10 Å². The van der Waals surface area contributed by atoms with Crippen LogP contribution in [0.25, 0.3) is 0 Å². The maximum absolute atomic E-state index is 10.9. The smallest absolute Gasteiger partial charge is 0.183 e. The van der Waals surface area contributed by atoms with Gasteiger partial charge in [0.2, 0.25) is 0 Å². The first kappa shape index (κ1) is 17.6. The van der Waals surface area contributed by atoms with Gasteiger partial charge in [-0.05, 0) is 30.0 Å². The van der Waals surface area contributed by atoms with E-state index in [1.165, 1.54) is 5.69 Å². The first-order chi connectivity index (χ1) is 13.1. The highest BCUT2D eigenvalue weighted by Crippen LogP contribution is 2.58. The lowest BCUT2D eigenvalue weighted by Crippen LogP contribution is -2.67. The maximum Gasteiger partial charge on any atom is 0.183 e. The normalized spacial score (nSPS) is 41.3. The molecule has 0 aromatic heterocycles. The number of piperazine rings is 1. The molecule has 27 heavy (non-hydrogen) atoms.